The predicted octanol–water partition coefficient (Wildman–Crippen LogP) is 1.72. The van der Waals surface area contributed by atoms with Crippen molar-refractivity contribution in [1.29, 1.82) is 0 Å². The maximum atomic E-state index is 13.3. The van der Waals surface area contributed by atoms with Gasteiger partial charge in [-0.3, -0.25) is 38.5 Å². The Morgan fingerprint density at radius 1 is 0.836 bits per heavy atom. The SMILES string of the molecule is CC(NC(=O)CNC(=O)CCCCCN1C(=O)C=CC1=O)C(=O)Nc1ccc(C(=O)NCCCC(C=O)NC(=O)c2ccc(NCc3ccc4nc(N)nc(N)c4c3Cl)cc2)c(/C(N)=N/NN)c1.CCC.CO. The molecule has 1 aliphatic heterocycles. The Labute approximate surface area is 426 Å². The van der Waals surface area contributed by atoms with Crippen LogP contribution in [0.2, 0.25) is 5.02 Å². The molecule has 7 amide bonds. The average Bonchev–Trinajstić information content (AvgIpc) is 3.69. The first-order chi connectivity index (χ1) is 35.0. The van der Waals surface area contributed by atoms with Gasteiger partial charge in [0.05, 0.1) is 34.1 Å². The number of amides is 7. The summed E-state index contributed by atoms with van der Waals surface area (Å²) in [5.41, 5.74) is 22.5. The molecule has 16 N–H and O–H groups in total. The number of aldehydes is 1. The molecule has 0 spiro atoms. The van der Waals surface area contributed by atoms with Crippen LogP contribution in [0.15, 0.2) is 71.9 Å². The molecule has 2 atom stereocenters. The van der Waals surface area contributed by atoms with Gasteiger partial charge in [0.15, 0.2) is 5.84 Å². The van der Waals surface area contributed by atoms with E-state index < -0.39 is 35.7 Å². The van der Waals surface area contributed by atoms with Crippen LogP contribution >= 0.6 is 11.6 Å². The molecule has 1 aromatic heterocycles. The zero-order valence-electron chi connectivity index (χ0n) is 41.1. The highest BCUT2D eigenvalue weighted by Crippen LogP contribution is 2.31. The van der Waals surface area contributed by atoms with Crippen molar-refractivity contribution in [3.63, 3.8) is 0 Å². The number of fused-ring (bicyclic) bond motifs is 1. The Morgan fingerprint density at radius 2 is 1.51 bits per heavy atom. The van der Waals surface area contributed by atoms with Crippen LogP contribution in [0.4, 0.5) is 23.1 Å². The number of hydrazone groups is 1. The van der Waals surface area contributed by atoms with Crippen LogP contribution in [0.1, 0.15) is 97.6 Å². The van der Waals surface area contributed by atoms with E-state index in [4.69, 9.17) is 39.8 Å². The fourth-order valence-corrected chi connectivity index (χ4v) is 7.14. The highest BCUT2D eigenvalue weighted by Gasteiger charge is 2.23. The quantitative estimate of drug-likeness (QED) is 0.00904. The number of carbonyl (C=O) groups is 8. The lowest BCUT2D eigenvalue weighted by atomic mass is 10.0. The molecule has 24 nitrogen and oxygen atoms in total. The number of unbranched alkanes of at least 4 members (excludes halogenated alkanes) is 2. The van der Waals surface area contributed by atoms with Gasteiger partial charge in [-0.1, -0.05) is 44.4 Å². The van der Waals surface area contributed by atoms with Crippen LogP contribution in [-0.2, 0) is 35.3 Å². The topological polar surface area (TPSA) is 386 Å². The highest BCUT2D eigenvalue weighted by molar-refractivity contribution is 6.37. The van der Waals surface area contributed by atoms with E-state index in [1.807, 2.05) is 0 Å². The number of nitrogens with zero attached hydrogens (tertiary/aromatic N) is 4. The standard InChI is InChI=1S/C44H52ClN15O8.C3H8.CH4O/c1-24(53-34(63)22-52-33(62)7-3-2-4-19-60-35(64)16-17-36(60)65)41(66)54-28-13-14-30(31(20-28)39(46)58-59-49)43(68)50-18-5-6-29(23-61)55-42(67)25-8-11-27(12-9-25)51-21-26-10-15-32-37(38(26)45)40(47)57-44(48)56-32;1-3-2;1-2/h8-17,20,23-24,29,51,59H,2-7,18-19,21-22,49H2,1H3,(H2,46,58)(H,50,68)(H,52,62)(H,53,63)(H,54,66)(H,55,67)(H4,47,48,56,57);3H2,1-2H3;2H,1H3. The molecule has 2 unspecified atom stereocenters. The highest BCUT2D eigenvalue weighted by atomic mass is 35.5. The van der Waals surface area contributed by atoms with Gasteiger partial charge in [0.1, 0.15) is 18.1 Å². The number of hydrogen-bond acceptors (Lipinski definition) is 17. The number of nitrogens with two attached hydrogens (primary N) is 4. The molecular weight excluding hydrogens is 966 g/mol. The molecule has 0 radical (unpaired) electrons. The van der Waals surface area contributed by atoms with Gasteiger partial charge < -0.3 is 59.0 Å². The van der Waals surface area contributed by atoms with Gasteiger partial charge in [0, 0.05) is 67.8 Å². The summed E-state index contributed by atoms with van der Waals surface area (Å²) in [4.78, 5) is 108. The first-order valence-corrected chi connectivity index (χ1v) is 23.5. The smallest absolute Gasteiger partial charge is 0.253 e. The zero-order chi connectivity index (χ0) is 54.0. The lowest BCUT2D eigenvalue weighted by Crippen LogP contribution is -2.45. The molecule has 0 saturated heterocycles. The summed E-state index contributed by atoms with van der Waals surface area (Å²) in [7, 11) is 1.00. The molecule has 25 heteroatoms. The van der Waals surface area contributed by atoms with Crippen molar-refractivity contribution in [3.05, 3.63) is 94.0 Å². The summed E-state index contributed by atoms with van der Waals surface area (Å²) in [6.07, 6.45) is 6.52. The van der Waals surface area contributed by atoms with Crippen LogP contribution < -0.4 is 60.5 Å². The minimum atomic E-state index is -1.04. The predicted molar refractivity (Wildman–Crippen MR) is 278 cm³/mol. The number of amidine groups is 1. The number of nitrogens with one attached hydrogen (secondary N) is 7. The summed E-state index contributed by atoms with van der Waals surface area (Å²) in [6.45, 7) is 6.02. The van der Waals surface area contributed by atoms with Gasteiger partial charge in [-0.2, -0.15) is 4.98 Å². The molecule has 0 bridgehead atoms. The monoisotopic (exact) mass is 1030 g/mol. The second kappa shape index (κ2) is 30.5. The minimum absolute atomic E-state index is 0.0437. The Hall–Kier alpha value is -8.22. The number of aliphatic hydroxyl groups is 1. The van der Waals surface area contributed by atoms with E-state index in [-0.39, 0.29) is 84.6 Å². The van der Waals surface area contributed by atoms with Gasteiger partial charge in [0.25, 0.3) is 23.6 Å². The van der Waals surface area contributed by atoms with Crippen LogP contribution in [0.3, 0.4) is 0 Å². The van der Waals surface area contributed by atoms with Crippen molar-refractivity contribution < 1.29 is 43.5 Å². The Balaban J connectivity index is 0.00000271. The summed E-state index contributed by atoms with van der Waals surface area (Å²) < 4.78 is 0. The first-order valence-electron chi connectivity index (χ1n) is 23.2. The van der Waals surface area contributed by atoms with Gasteiger partial charge in [-0.15, -0.1) is 5.10 Å². The number of aliphatic hydroxyl groups excluding tert-OH is 1. The van der Waals surface area contributed by atoms with Crippen LogP contribution in [0.5, 0.6) is 0 Å². The summed E-state index contributed by atoms with van der Waals surface area (Å²) in [5, 5.41) is 27.9. The summed E-state index contributed by atoms with van der Waals surface area (Å²) in [5.74, 6) is 1.99. The van der Waals surface area contributed by atoms with E-state index in [1.165, 1.54) is 43.7 Å². The van der Waals surface area contributed by atoms with Crippen molar-refractivity contribution in [2.24, 2.45) is 16.7 Å². The van der Waals surface area contributed by atoms with E-state index in [2.05, 4.69) is 66.4 Å². The number of anilines is 4. The first kappa shape index (κ1) is 59.1. The Morgan fingerprint density at radius 3 is 2.16 bits per heavy atom. The largest absolute Gasteiger partial charge is 0.400 e. The van der Waals surface area contributed by atoms with E-state index in [0.29, 0.717) is 65.7 Å². The molecule has 4 aromatic rings. The number of halogens is 1. The van der Waals surface area contributed by atoms with Crippen LogP contribution in [0.25, 0.3) is 10.9 Å². The number of benzene rings is 3. The molecule has 0 saturated carbocycles. The van der Waals surface area contributed by atoms with Crippen molar-refractivity contribution in [1.82, 2.24) is 41.7 Å². The number of carbonyl (C=O) groups excluding carboxylic acids is 8. The third-order valence-corrected chi connectivity index (χ3v) is 10.8. The third-order valence-electron chi connectivity index (χ3n) is 10.4. The number of hydrogen-bond donors (Lipinski definition) is 12. The molecule has 1 aliphatic rings. The number of aromatic nitrogens is 2. The van der Waals surface area contributed by atoms with Gasteiger partial charge >= 0.3 is 0 Å². The molecule has 0 aliphatic carbocycles. The second-order valence-electron chi connectivity index (χ2n) is 16.1. The summed E-state index contributed by atoms with van der Waals surface area (Å²) >= 11 is 6.59. The number of nitrogen functional groups attached to an aromatic ring is 2. The zero-order valence-corrected chi connectivity index (χ0v) is 41.8. The fourth-order valence-electron chi connectivity index (χ4n) is 6.81. The lowest BCUT2D eigenvalue weighted by Gasteiger charge is -2.16. The van der Waals surface area contributed by atoms with Gasteiger partial charge in [0.2, 0.25) is 23.7 Å². The van der Waals surface area contributed by atoms with Crippen molar-refractivity contribution in [3.8, 4) is 0 Å². The van der Waals surface area contributed by atoms with Crippen LogP contribution in [0, 0.1) is 0 Å². The van der Waals surface area contributed by atoms with Crippen molar-refractivity contribution in [2.45, 2.75) is 84.3 Å². The Bertz CT molecular complexity index is 2630. The normalized spacial score (nSPS) is 12.5. The van der Waals surface area contributed by atoms with Crippen molar-refractivity contribution in [2.75, 3.05) is 48.8 Å². The van der Waals surface area contributed by atoms with Gasteiger partial charge in [-0.05, 0) is 86.7 Å². The maximum absolute atomic E-state index is 13.3. The molecule has 5 rings (SSSR count). The number of rotatable bonds is 24. The Kier molecular flexibility index (Phi) is 24.7. The minimum Gasteiger partial charge on any atom is -0.400 e. The summed E-state index contributed by atoms with van der Waals surface area (Å²) in [6, 6.07) is 12.5. The maximum Gasteiger partial charge on any atom is 0.253 e. The molecule has 2 heterocycles. The fraction of sp³-hybridized carbons (Fsp3) is 0.354. The number of hydrazine groups is 1. The number of imide groups is 1. The van der Waals surface area contributed by atoms with E-state index in [9.17, 15) is 38.4 Å². The third kappa shape index (κ3) is 18.5. The molecular formula is C48H64ClN15O9. The average molecular weight is 1030 g/mol. The molecule has 73 heavy (non-hydrogen) atoms. The second-order valence-corrected chi connectivity index (χ2v) is 16.4. The van der Waals surface area contributed by atoms with Gasteiger partial charge in [-0.25, -0.2) is 16.4 Å². The molecule has 392 valence electrons. The molecule has 3 aromatic carbocycles. The van der Waals surface area contributed by atoms with Crippen molar-refractivity contribution >= 4 is 99.1 Å². The van der Waals surface area contributed by atoms with Crippen LogP contribution in [-0.4, -0.2) is 112 Å². The molecule has 0 fully saturated rings. The lowest BCUT2D eigenvalue weighted by molar-refractivity contribution is -0.137. The van der Waals surface area contributed by atoms with E-state index in [0.717, 1.165) is 17.6 Å². The van der Waals surface area contributed by atoms with E-state index in [1.54, 1.807) is 36.4 Å². The van der Waals surface area contributed by atoms with E-state index >= 15 is 0 Å².